The van der Waals surface area contributed by atoms with Crippen LogP contribution in [0.15, 0.2) is 48.5 Å². The molecule has 32 heavy (non-hydrogen) atoms. The molecule has 0 saturated heterocycles. The summed E-state index contributed by atoms with van der Waals surface area (Å²) in [7, 11) is -4.16. The zero-order valence-electron chi connectivity index (χ0n) is 19.4. The van der Waals surface area contributed by atoms with E-state index in [1.54, 1.807) is 12.1 Å². The van der Waals surface area contributed by atoms with Crippen molar-refractivity contribution in [1.82, 2.24) is 0 Å². The first-order chi connectivity index (χ1) is 14.2. The molecule has 0 bridgehead atoms. The van der Waals surface area contributed by atoms with Gasteiger partial charge in [0.25, 0.3) is 0 Å². The number of hydrogen-bond donors (Lipinski definition) is 0. The standard InChI is InChI=1S/C23H30O6S.2Na/c1-3-18(20-6-8-21(9-7-20)23(24)25)16-17(2)19-10-12-22(13-11-19)29-14-4-5-15-30(26,27)28;;/h6-13,17-18H,3-5,14-16H2,1-2H3,(H,24,25)(H,26,27,28);;/q;2*+1/p-2. The molecule has 0 fully saturated rings. The summed E-state index contributed by atoms with van der Waals surface area (Å²) in [5, 5.41) is 10.9. The maximum absolute atomic E-state index is 10.9. The molecule has 0 aliphatic rings. The van der Waals surface area contributed by atoms with Crippen LogP contribution >= 0.6 is 0 Å². The van der Waals surface area contributed by atoms with Crippen molar-refractivity contribution in [3.05, 3.63) is 65.2 Å². The quantitative estimate of drug-likeness (QED) is 0.189. The molecule has 0 amide bonds. The summed E-state index contributed by atoms with van der Waals surface area (Å²) in [5.74, 6) is -0.181. The molecule has 2 atom stereocenters. The Morgan fingerprint density at radius 1 is 0.969 bits per heavy atom. The maximum atomic E-state index is 10.9. The Labute approximate surface area is 235 Å². The molecule has 0 saturated carbocycles. The van der Waals surface area contributed by atoms with Crippen LogP contribution in [0, 0.1) is 0 Å². The molecule has 2 aromatic carbocycles. The van der Waals surface area contributed by atoms with Gasteiger partial charge < -0.3 is 19.2 Å². The summed E-state index contributed by atoms with van der Waals surface area (Å²) in [6.07, 6.45) is 2.69. The van der Waals surface area contributed by atoms with Gasteiger partial charge in [-0.3, -0.25) is 0 Å². The molecule has 2 rings (SSSR count). The maximum Gasteiger partial charge on any atom is 1.00 e. The van der Waals surface area contributed by atoms with Crippen LogP contribution in [-0.4, -0.2) is 31.3 Å². The number of carboxylic acids is 1. The molecule has 0 aliphatic carbocycles. The number of rotatable bonds is 12. The van der Waals surface area contributed by atoms with Crippen LogP contribution in [0.25, 0.3) is 0 Å². The number of hydrogen-bond acceptors (Lipinski definition) is 6. The van der Waals surface area contributed by atoms with Gasteiger partial charge in [-0.2, -0.15) is 0 Å². The molecular formula is C23H28Na2O6S. The summed E-state index contributed by atoms with van der Waals surface area (Å²) in [6.45, 7) is 4.65. The Bertz CT molecular complexity index is 915. The number of benzene rings is 2. The van der Waals surface area contributed by atoms with Crippen molar-refractivity contribution in [2.24, 2.45) is 0 Å². The second-order valence-electron chi connectivity index (χ2n) is 7.54. The molecule has 0 radical (unpaired) electrons. The van der Waals surface area contributed by atoms with Crippen LogP contribution < -0.4 is 69.0 Å². The minimum absolute atomic E-state index is 0. The molecule has 0 spiro atoms. The molecule has 0 heterocycles. The summed E-state index contributed by atoms with van der Waals surface area (Å²) in [6, 6.07) is 14.7. The van der Waals surface area contributed by atoms with Crippen molar-refractivity contribution in [3.8, 4) is 5.75 Å². The van der Waals surface area contributed by atoms with Crippen molar-refractivity contribution >= 4 is 16.1 Å². The summed E-state index contributed by atoms with van der Waals surface area (Å²) >= 11 is 0. The molecule has 9 heteroatoms. The molecule has 0 aliphatic heterocycles. The van der Waals surface area contributed by atoms with Gasteiger partial charge in [0, 0.05) is 5.75 Å². The van der Waals surface area contributed by atoms with E-state index in [0.717, 1.165) is 18.4 Å². The first-order valence-electron chi connectivity index (χ1n) is 10.2. The van der Waals surface area contributed by atoms with Crippen LogP contribution in [0.1, 0.15) is 72.9 Å². The fourth-order valence-electron chi connectivity index (χ4n) is 3.46. The van der Waals surface area contributed by atoms with E-state index in [0.29, 0.717) is 37.0 Å². The molecule has 0 N–H and O–H groups in total. The number of carbonyl (C=O) groups is 1. The van der Waals surface area contributed by atoms with Gasteiger partial charge in [-0.15, -0.1) is 0 Å². The van der Waals surface area contributed by atoms with Gasteiger partial charge in [0.15, 0.2) is 0 Å². The zero-order chi connectivity index (χ0) is 22.1. The van der Waals surface area contributed by atoms with E-state index in [9.17, 15) is 22.9 Å². The van der Waals surface area contributed by atoms with Crippen molar-refractivity contribution in [1.29, 1.82) is 0 Å². The van der Waals surface area contributed by atoms with E-state index in [4.69, 9.17) is 4.74 Å². The van der Waals surface area contributed by atoms with Crippen molar-refractivity contribution in [3.63, 3.8) is 0 Å². The van der Waals surface area contributed by atoms with Crippen LogP contribution in [0.3, 0.4) is 0 Å². The molecule has 6 nitrogen and oxygen atoms in total. The number of unbranched alkanes of at least 4 members (excludes halogenated alkanes) is 1. The molecule has 164 valence electrons. The second kappa shape index (κ2) is 15.5. The van der Waals surface area contributed by atoms with E-state index in [2.05, 4.69) is 13.8 Å². The van der Waals surface area contributed by atoms with Crippen LogP contribution in [0.2, 0.25) is 0 Å². The van der Waals surface area contributed by atoms with Crippen LogP contribution in [-0.2, 0) is 10.1 Å². The predicted molar refractivity (Wildman–Crippen MR) is 113 cm³/mol. The largest absolute Gasteiger partial charge is 1.00 e. The predicted octanol–water partition coefficient (Wildman–Crippen LogP) is -2.55. The topological polar surface area (TPSA) is 107 Å². The monoisotopic (exact) mass is 478 g/mol. The van der Waals surface area contributed by atoms with Crippen molar-refractivity contribution in [2.45, 2.75) is 51.4 Å². The molecular weight excluding hydrogens is 450 g/mol. The fraction of sp³-hybridized carbons (Fsp3) is 0.435. The third kappa shape index (κ3) is 11.2. The smallest absolute Gasteiger partial charge is 0.748 e. The average molecular weight is 479 g/mol. The number of ether oxygens (including phenoxy) is 1. The normalized spacial score (nSPS) is 12.7. The SMILES string of the molecule is CCC(CC(C)c1ccc(OCCCCS(=O)(=O)[O-])cc1)c1ccc(C(=O)[O-])cc1.[Na+].[Na+]. The third-order valence-electron chi connectivity index (χ3n) is 5.26. The summed E-state index contributed by atoms with van der Waals surface area (Å²) in [5.41, 5.74) is 2.49. The fourth-order valence-corrected chi connectivity index (χ4v) is 4.01. The Balaban J connectivity index is 0.00000480. The van der Waals surface area contributed by atoms with Gasteiger partial charge in [-0.1, -0.05) is 50.2 Å². The first kappa shape index (κ1) is 31.6. The summed E-state index contributed by atoms with van der Waals surface area (Å²) < 4.78 is 37.3. The van der Waals surface area contributed by atoms with Crippen molar-refractivity contribution < 1.29 is 86.7 Å². The Kier molecular flexibility index (Phi) is 15.3. The van der Waals surface area contributed by atoms with Gasteiger partial charge >= 0.3 is 59.1 Å². The van der Waals surface area contributed by atoms with E-state index >= 15 is 0 Å². The van der Waals surface area contributed by atoms with Crippen molar-refractivity contribution in [2.75, 3.05) is 12.4 Å². The van der Waals surface area contributed by atoms with E-state index in [1.807, 2.05) is 36.4 Å². The van der Waals surface area contributed by atoms with Crippen LogP contribution in [0.4, 0.5) is 0 Å². The van der Waals surface area contributed by atoms with E-state index in [1.165, 1.54) is 5.56 Å². The number of carbonyl (C=O) groups excluding carboxylic acids is 1. The number of aromatic carboxylic acids is 1. The summed E-state index contributed by atoms with van der Waals surface area (Å²) in [4.78, 5) is 10.9. The zero-order valence-corrected chi connectivity index (χ0v) is 24.2. The van der Waals surface area contributed by atoms with Gasteiger partial charge in [0.05, 0.1) is 22.7 Å². The molecule has 0 aromatic heterocycles. The van der Waals surface area contributed by atoms with Gasteiger partial charge in [0.2, 0.25) is 0 Å². The van der Waals surface area contributed by atoms with E-state index in [-0.39, 0.29) is 70.4 Å². The second-order valence-corrected chi connectivity index (χ2v) is 9.06. The van der Waals surface area contributed by atoms with E-state index < -0.39 is 16.1 Å². The minimum atomic E-state index is -4.16. The van der Waals surface area contributed by atoms with Crippen LogP contribution in [0.5, 0.6) is 5.75 Å². The Hall–Kier alpha value is -0.380. The van der Waals surface area contributed by atoms with Gasteiger partial charge in [-0.05, 0) is 66.3 Å². The van der Waals surface area contributed by atoms with Gasteiger partial charge in [0.1, 0.15) is 5.75 Å². The molecule has 2 unspecified atom stereocenters. The third-order valence-corrected chi connectivity index (χ3v) is 6.04. The average Bonchev–Trinajstić information content (AvgIpc) is 2.71. The molecule has 2 aromatic rings. The minimum Gasteiger partial charge on any atom is -0.748 e. The Morgan fingerprint density at radius 2 is 1.53 bits per heavy atom. The Morgan fingerprint density at radius 3 is 2.03 bits per heavy atom. The number of carboxylic acid groups (broad SMARTS) is 1. The first-order valence-corrected chi connectivity index (χ1v) is 11.7. The van der Waals surface area contributed by atoms with Gasteiger partial charge in [-0.25, -0.2) is 8.42 Å².